The predicted octanol–water partition coefficient (Wildman–Crippen LogP) is 2.92. The molecular weight excluding hydrogens is 482 g/mol. The Morgan fingerprint density at radius 2 is 1.78 bits per heavy atom. The average molecular weight is 506 g/mol. The molecule has 0 spiro atoms. The van der Waals surface area contributed by atoms with E-state index in [1.165, 1.54) is 39.7 Å². The zero-order valence-corrected chi connectivity index (χ0v) is 19.5. The zero-order valence-electron chi connectivity index (χ0n) is 17.9. The van der Waals surface area contributed by atoms with E-state index in [0.29, 0.717) is 35.2 Å². The Kier molecular flexibility index (Phi) is 9.55. The molecule has 0 aliphatic carbocycles. The molecule has 0 fully saturated rings. The fraction of sp³-hybridized carbons (Fsp3) is 0.227. The number of hydrazone groups is 1. The van der Waals surface area contributed by atoms with Crippen molar-refractivity contribution in [2.45, 2.75) is 0 Å². The highest BCUT2D eigenvalue weighted by Crippen LogP contribution is 2.38. The maximum atomic E-state index is 12.4. The Bertz CT molecular complexity index is 984. The van der Waals surface area contributed by atoms with E-state index in [4.69, 9.17) is 18.9 Å². The molecule has 0 bridgehead atoms. The fourth-order valence-corrected chi connectivity index (χ4v) is 2.90. The summed E-state index contributed by atoms with van der Waals surface area (Å²) in [6.45, 7) is 3.70. The molecule has 0 radical (unpaired) electrons. The normalized spacial score (nSPS) is 10.4. The van der Waals surface area contributed by atoms with Crippen LogP contribution in [0.4, 0.5) is 0 Å². The summed E-state index contributed by atoms with van der Waals surface area (Å²) in [5.74, 6) is 0.671. The molecule has 0 saturated heterocycles. The van der Waals surface area contributed by atoms with Crippen molar-refractivity contribution in [1.82, 2.24) is 10.7 Å². The quantitative estimate of drug-likeness (QED) is 0.276. The van der Waals surface area contributed by atoms with E-state index in [0.717, 1.165) is 4.47 Å². The molecule has 2 amide bonds. The Hall–Kier alpha value is -3.53. The summed E-state index contributed by atoms with van der Waals surface area (Å²) in [6.07, 6.45) is 3.10. The number of hydrogen-bond acceptors (Lipinski definition) is 7. The molecular formula is C22H24BrN3O6. The molecule has 0 atom stereocenters. The molecule has 0 aliphatic heterocycles. The van der Waals surface area contributed by atoms with Crippen molar-refractivity contribution < 1.29 is 28.5 Å². The SMILES string of the molecule is C=CCOc1ccc(Br)c(/C=N/NC(=O)CNC(=O)c2cc(OC)c(OC)c(OC)c2)c1. The third kappa shape index (κ3) is 6.74. The summed E-state index contributed by atoms with van der Waals surface area (Å²) in [5.41, 5.74) is 3.31. The third-order valence-corrected chi connectivity index (χ3v) is 4.79. The number of amides is 2. The number of carbonyl (C=O) groups excluding carboxylic acids is 2. The number of methoxy groups -OCH3 is 3. The van der Waals surface area contributed by atoms with Gasteiger partial charge in [0.2, 0.25) is 5.75 Å². The molecule has 9 nitrogen and oxygen atoms in total. The summed E-state index contributed by atoms with van der Waals surface area (Å²) in [5, 5.41) is 6.43. The average Bonchev–Trinajstić information content (AvgIpc) is 2.81. The van der Waals surface area contributed by atoms with Gasteiger partial charge in [0.1, 0.15) is 12.4 Å². The fourth-order valence-electron chi connectivity index (χ4n) is 2.55. The van der Waals surface area contributed by atoms with E-state index in [-0.39, 0.29) is 12.1 Å². The van der Waals surface area contributed by atoms with Crippen molar-refractivity contribution in [2.24, 2.45) is 5.10 Å². The number of rotatable bonds is 11. The maximum absolute atomic E-state index is 12.4. The number of benzene rings is 2. The van der Waals surface area contributed by atoms with Gasteiger partial charge in [-0.3, -0.25) is 9.59 Å². The molecule has 2 aromatic rings. The zero-order chi connectivity index (χ0) is 23.5. The molecule has 2 N–H and O–H groups in total. The number of hydrogen-bond donors (Lipinski definition) is 2. The monoisotopic (exact) mass is 505 g/mol. The van der Waals surface area contributed by atoms with Crippen LogP contribution in [0, 0.1) is 0 Å². The van der Waals surface area contributed by atoms with Crippen LogP contribution >= 0.6 is 15.9 Å². The van der Waals surface area contributed by atoms with Gasteiger partial charge in [0.25, 0.3) is 11.8 Å². The van der Waals surface area contributed by atoms with Crippen LogP contribution in [0.1, 0.15) is 15.9 Å². The highest BCUT2D eigenvalue weighted by molar-refractivity contribution is 9.10. The van der Waals surface area contributed by atoms with E-state index < -0.39 is 11.8 Å². The van der Waals surface area contributed by atoms with E-state index >= 15 is 0 Å². The molecule has 0 unspecified atom stereocenters. The predicted molar refractivity (Wildman–Crippen MR) is 124 cm³/mol. The number of nitrogens with zero attached hydrogens (tertiary/aromatic N) is 1. The second kappa shape index (κ2) is 12.4. The Morgan fingerprint density at radius 3 is 2.38 bits per heavy atom. The number of halogens is 1. The van der Waals surface area contributed by atoms with E-state index in [1.807, 2.05) is 0 Å². The lowest BCUT2D eigenvalue weighted by atomic mass is 10.1. The van der Waals surface area contributed by atoms with Crippen LogP contribution in [0.2, 0.25) is 0 Å². The second-order valence-electron chi connectivity index (χ2n) is 6.17. The van der Waals surface area contributed by atoms with Crippen LogP contribution in [0.15, 0.2) is 52.6 Å². The van der Waals surface area contributed by atoms with Gasteiger partial charge in [0.15, 0.2) is 11.5 Å². The lowest BCUT2D eigenvalue weighted by molar-refractivity contribution is -0.120. The minimum Gasteiger partial charge on any atom is -0.493 e. The van der Waals surface area contributed by atoms with Gasteiger partial charge in [-0.2, -0.15) is 5.10 Å². The Morgan fingerprint density at radius 1 is 1.09 bits per heavy atom. The summed E-state index contributed by atoms with van der Waals surface area (Å²) in [4.78, 5) is 24.5. The van der Waals surface area contributed by atoms with Crippen molar-refractivity contribution in [3.63, 3.8) is 0 Å². The lowest BCUT2D eigenvalue weighted by Gasteiger charge is -2.14. The van der Waals surface area contributed by atoms with Gasteiger partial charge in [-0.1, -0.05) is 28.6 Å². The van der Waals surface area contributed by atoms with Crippen molar-refractivity contribution >= 4 is 34.0 Å². The molecule has 0 saturated carbocycles. The van der Waals surface area contributed by atoms with Gasteiger partial charge in [-0.25, -0.2) is 5.43 Å². The number of nitrogens with one attached hydrogen (secondary N) is 2. The maximum Gasteiger partial charge on any atom is 0.259 e. The van der Waals surface area contributed by atoms with Gasteiger partial charge in [0.05, 0.1) is 34.1 Å². The summed E-state index contributed by atoms with van der Waals surface area (Å²) in [7, 11) is 4.36. The Balaban J connectivity index is 1.96. The van der Waals surface area contributed by atoms with Crippen LogP contribution in [-0.4, -0.2) is 52.5 Å². The van der Waals surface area contributed by atoms with Crippen molar-refractivity contribution in [3.8, 4) is 23.0 Å². The molecule has 0 aliphatic rings. The van der Waals surface area contributed by atoms with E-state index in [1.54, 1.807) is 24.3 Å². The highest BCUT2D eigenvalue weighted by Gasteiger charge is 2.17. The molecule has 0 heterocycles. The van der Waals surface area contributed by atoms with Crippen LogP contribution in [0.5, 0.6) is 23.0 Å². The molecule has 2 rings (SSSR count). The summed E-state index contributed by atoms with van der Waals surface area (Å²) in [6, 6.07) is 8.34. The van der Waals surface area contributed by atoms with Crippen LogP contribution < -0.4 is 29.7 Å². The highest BCUT2D eigenvalue weighted by atomic mass is 79.9. The van der Waals surface area contributed by atoms with Crippen molar-refractivity contribution in [2.75, 3.05) is 34.5 Å². The largest absolute Gasteiger partial charge is 0.493 e. The standard InChI is InChI=1S/C22H24BrN3O6/c1-5-8-32-16-6-7-17(23)15(9-16)12-25-26-20(27)13-24-22(28)14-10-18(29-2)21(31-4)19(11-14)30-3/h5-7,9-12H,1,8,13H2,2-4H3,(H,24,28)(H,26,27)/b25-12+. The van der Waals surface area contributed by atoms with Crippen LogP contribution in [0.25, 0.3) is 0 Å². The Labute approximate surface area is 194 Å². The molecule has 170 valence electrons. The smallest absolute Gasteiger partial charge is 0.259 e. The number of ether oxygens (including phenoxy) is 4. The van der Waals surface area contributed by atoms with Gasteiger partial charge in [0, 0.05) is 15.6 Å². The second-order valence-corrected chi connectivity index (χ2v) is 7.03. The molecule has 10 heteroatoms. The summed E-state index contributed by atoms with van der Waals surface area (Å²) < 4.78 is 21.9. The first-order valence-corrected chi connectivity index (χ1v) is 10.2. The van der Waals surface area contributed by atoms with Gasteiger partial charge < -0.3 is 24.3 Å². The molecule has 32 heavy (non-hydrogen) atoms. The first kappa shape index (κ1) is 24.7. The first-order valence-electron chi connectivity index (χ1n) is 9.36. The topological polar surface area (TPSA) is 107 Å². The first-order chi connectivity index (χ1) is 15.4. The third-order valence-electron chi connectivity index (χ3n) is 4.06. The van der Waals surface area contributed by atoms with Gasteiger partial charge in [-0.05, 0) is 30.3 Å². The minimum atomic E-state index is -0.503. The van der Waals surface area contributed by atoms with Gasteiger partial charge in [-0.15, -0.1) is 0 Å². The van der Waals surface area contributed by atoms with E-state index in [9.17, 15) is 9.59 Å². The van der Waals surface area contributed by atoms with Crippen LogP contribution in [-0.2, 0) is 4.79 Å². The summed E-state index contributed by atoms with van der Waals surface area (Å²) >= 11 is 3.41. The van der Waals surface area contributed by atoms with Gasteiger partial charge >= 0.3 is 0 Å². The van der Waals surface area contributed by atoms with E-state index in [2.05, 4.69) is 38.4 Å². The lowest BCUT2D eigenvalue weighted by Crippen LogP contribution is -2.35. The molecule has 2 aromatic carbocycles. The van der Waals surface area contributed by atoms with Crippen molar-refractivity contribution in [1.29, 1.82) is 0 Å². The molecule has 0 aromatic heterocycles. The number of carbonyl (C=O) groups is 2. The van der Waals surface area contributed by atoms with Crippen molar-refractivity contribution in [3.05, 3.63) is 58.6 Å². The minimum absolute atomic E-state index is 0.246. The van der Waals surface area contributed by atoms with Crippen LogP contribution in [0.3, 0.4) is 0 Å².